The van der Waals surface area contributed by atoms with E-state index in [1.807, 2.05) is 4.90 Å². The number of rotatable bonds is 7. The number of anilines is 1. The Morgan fingerprint density at radius 2 is 1.97 bits per heavy atom. The number of amides is 2. The average Bonchev–Trinajstić information content (AvgIpc) is 2.86. The zero-order valence-electron chi connectivity index (χ0n) is 19.0. The van der Waals surface area contributed by atoms with Crippen molar-refractivity contribution in [3.63, 3.8) is 0 Å². The molecule has 178 valence electrons. The predicted molar refractivity (Wildman–Crippen MR) is 124 cm³/mol. The summed E-state index contributed by atoms with van der Waals surface area (Å²) in [6.07, 6.45) is 7.93. The molecule has 2 aromatic heterocycles. The van der Waals surface area contributed by atoms with Gasteiger partial charge in [0.1, 0.15) is 11.7 Å². The van der Waals surface area contributed by atoms with E-state index in [9.17, 15) is 19.5 Å². The minimum atomic E-state index is -1.08. The summed E-state index contributed by atoms with van der Waals surface area (Å²) in [4.78, 5) is 49.1. The number of aromatic nitrogens is 2. The maximum atomic E-state index is 12.8. The maximum absolute atomic E-state index is 12.8. The number of nitrogens with one attached hydrogen (secondary N) is 1. The van der Waals surface area contributed by atoms with Crippen molar-refractivity contribution in [2.75, 3.05) is 31.5 Å². The lowest BCUT2D eigenvalue weighted by molar-refractivity contribution is -0.169. The molecular formula is C25H29N5O4. The molecule has 0 saturated carbocycles. The van der Waals surface area contributed by atoms with Crippen LogP contribution in [-0.4, -0.2) is 74.9 Å². The van der Waals surface area contributed by atoms with Crippen LogP contribution in [0.4, 0.5) is 5.82 Å². The monoisotopic (exact) mass is 463 g/mol. The summed E-state index contributed by atoms with van der Waals surface area (Å²) in [6, 6.07) is 6.81. The van der Waals surface area contributed by atoms with E-state index in [2.05, 4.69) is 22.4 Å². The number of piperidine rings is 1. The van der Waals surface area contributed by atoms with Gasteiger partial charge in [-0.15, -0.1) is 0 Å². The van der Waals surface area contributed by atoms with Gasteiger partial charge in [0.05, 0.1) is 0 Å². The molecule has 0 radical (unpaired) electrons. The Kier molecular flexibility index (Phi) is 6.28. The number of pyridine rings is 2. The van der Waals surface area contributed by atoms with Crippen LogP contribution >= 0.6 is 0 Å². The molecule has 9 heteroatoms. The van der Waals surface area contributed by atoms with E-state index in [-0.39, 0.29) is 18.4 Å². The van der Waals surface area contributed by atoms with Gasteiger partial charge in [-0.2, -0.15) is 0 Å². The number of aliphatic carboxylic acids is 1. The van der Waals surface area contributed by atoms with E-state index in [0.29, 0.717) is 24.6 Å². The van der Waals surface area contributed by atoms with Crippen LogP contribution in [0.15, 0.2) is 36.7 Å². The Bertz CT molecular complexity index is 1070. The molecule has 2 amide bonds. The Labute approximate surface area is 198 Å². The second-order valence-electron chi connectivity index (χ2n) is 9.39. The molecule has 2 fully saturated rings. The van der Waals surface area contributed by atoms with E-state index >= 15 is 0 Å². The van der Waals surface area contributed by atoms with Crippen molar-refractivity contribution >= 4 is 23.6 Å². The van der Waals surface area contributed by atoms with Crippen LogP contribution in [0.2, 0.25) is 0 Å². The van der Waals surface area contributed by atoms with Gasteiger partial charge in [0.15, 0.2) is 6.04 Å². The molecule has 3 aliphatic rings. The highest BCUT2D eigenvalue weighted by molar-refractivity contribution is 6.21. The highest BCUT2D eigenvalue weighted by atomic mass is 16.4. The standard InChI is InChI=1S/C25H29N5O4/c31-23-21(24(32)30(23)15-20(25(33)34)18-4-1-9-26-14-18)29-11-7-16(8-12-29)13-19-6-5-17-3-2-10-27-22(17)28-19/h1,4-6,9,14,16,20-21H,2-3,7-8,10-13,15H2,(H,27,28)(H,33,34)/t20-/m1/s1. The van der Waals surface area contributed by atoms with Crippen molar-refractivity contribution in [1.82, 2.24) is 19.8 Å². The molecule has 9 nitrogen and oxygen atoms in total. The second-order valence-corrected chi connectivity index (χ2v) is 9.39. The van der Waals surface area contributed by atoms with Crippen molar-refractivity contribution < 1.29 is 19.5 Å². The number of carbonyl (C=O) groups is 3. The van der Waals surface area contributed by atoms with Crippen LogP contribution in [0.1, 0.15) is 42.0 Å². The van der Waals surface area contributed by atoms with Crippen LogP contribution in [-0.2, 0) is 27.2 Å². The Hall–Kier alpha value is -3.33. The first-order chi connectivity index (χ1) is 16.5. The van der Waals surface area contributed by atoms with Gasteiger partial charge in [0, 0.05) is 31.2 Å². The van der Waals surface area contributed by atoms with Crippen LogP contribution in [0, 0.1) is 5.92 Å². The summed E-state index contributed by atoms with van der Waals surface area (Å²) < 4.78 is 0. The third-order valence-corrected chi connectivity index (χ3v) is 7.21. The van der Waals surface area contributed by atoms with Crippen molar-refractivity contribution in [2.45, 2.75) is 44.1 Å². The molecule has 0 unspecified atom stereocenters. The third kappa shape index (κ3) is 4.40. The molecule has 0 aliphatic carbocycles. The minimum Gasteiger partial charge on any atom is -0.481 e. The maximum Gasteiger partial charge on any atom is 0.312 e. The molecule has 1 atom stereocenters. The Morgan fingerprint density at radius 1 is 1.18 bits per heavy atom. The number of likely N-dealkylation sites (tertiary alicyclic amines) is 2. The van der Waals surface area contributed by atoms with Crippen molar-refractivity contribution in [3.05, 3.63) is 53.5 Å². The van der Waals surface area contributed by atoms with Crippen molar-refractivity contribution in [2.24, 2.45) is 5.92 Å². The number of nitrogens with zero attached hydrogens (tertiary/aromatic N) is 4. The number of carboxylic acids is 1. The number of hydrogen-bond acceptors (Lipinski definition) is 7. The molecule has 2 N–H and O–H groups in total. The normalized spacial score (nSPS) is 20.4. The van der Waals surface area contributed by atoms with Gasteiger partial charge in [-0.05, 0) is 74.4 Å². The van der Waals surface area contributed by atoms with Gasteiger partial charge in [-0.25, -0.2) is 4.98 Å². The summed E-state index contributed by atoms with van der Waals surface area (Å²) in [5.74, 6) is -1.19. The van der Waals surface area contributed by atoms with Gasteiger partial charge in [-0.1, -0.05) is 12.1 Å². The van der Waals surface area contributed by atoms with Gasteiger partial charge in [0.25, 0.3) is 11.8 Å². The molecule has 3 aliphatic heterocycles. The Morgan fingerprint density at radius 3 is 2.68 bits per heavy atom. The first-order valence-electron chi connectivity index (χ1n) is 12.0. The summed E-state index contributed by atoms with van der Waals surface area (Å²) in [7, 11) is 0. The average molecular weight is 464 g/mol. The zero-order chi connectivity index (χ0) is 23.7. The van der Waals surface area contributed by atoms with Crippen molar-refractivity contribution in [3.8, 4) is 0 Å². The van der Waals surface area contributed by atoms with Crippen LogP contribution in [0.25, 0.3) is 0 Å². The number of imide groups is 1. The number of carbonyl (C=O) groups excluding carboxylic acids is 2. The molecule has 5 heterocycles. The largest absolute Gasteiger partial charge is 0.481 e. The topological polar surface area (TPSA) is 116 Å². The number of hydrogen-bond donors (Lipinski definition) is 2. The SMILES string of the molecule is O=C(O)[C@H](CN1C(=O)C(N2CCC(Cc3ccc4c(n3)NCCC4)CC2)C1=O)c1cccnc1. The summed E-state index contributed by atoms with van der Waals surface area (Å²) in [5.41, 5.74) is 2.85. The molecule has 34 heavy (non-hydrogen) atoms. The lowest BCUT2D eigenvalue weighted by atomic mass is 9.89. The van der Waals surface area contributed by atoms with Crippen LogP contribution in [0.5, 0.6) is 0 Å². The quantitative estimate of drug-likeness (QED) is 0.471. The van der Waals surface area contributed by atoms with E-state index in [0.717, 1.165) is 55.1 Å². The van der Waals surface area contributed by atoms with Crippen LogP contribution in [0.3, 0.4) is 0 Å². The van der Waals surface area contributed by atoms with Gasteiger partial charge in [-0.3, -0.25) is 29.2 Å². The second kappa shape index (κ2) is 9.50. The lowest BCUT2D eigenvalue weighted by Crippen LogP contribution is -2.69. The highest BCUT2D eigenvalue weighted by Crippen LogP contribution is 2.29. The van der Waals surface area contributed by atoms with Crippen molar-refractivity contribution in [1.29, 1.82) is 0 Å². The fourth-order valence-corrected chi connectivity index (χ4v) is 5.22. The molecule has 2 aromatic rings. The summed E-state index contributed by atoms with van der Waals surface area (Å²) in [5, 5.41) is 13.0. The Balaban J connectivity index is 1.15. The highest BCUT2D eigenvalue weighted by Gasteiger charge is 2.51. The molecule has 0 aromatic carbocycles. The van der Waals surface area contributed by atoms with E-state index in [4.69, 9.17) is 4.98 Å². The fraction of sp³-hybridized carbons (Fsp3) is 0.480. The van der Waals surface area contributed by atoms with E-state index in [1.54, 1.807) is 18.3 Å². The molecule has 2 saturated heterocycles. The number of aryl methyl sites for hydroxylation is 1. The first-order valence-corrected chi connectivity index (χ1v) is 12.0. The predicted octanol–water partition coefficient (Wildman–Crippen LogP) is 1.70. The molecule has 0 bridgehead atoms. The molecule has 5 rings (SSSR count). The number of carboxylic acid groups (broad SMARTS) is 1. The smallest absolute Gasteiger partial charge is 0.312 e. The number of β-lactam (4-membered cyclic amide) rings is 2. The lowest BCUT2D eigenvalue weighted by Gasteiger charge is -2.45. The van der Waals surface area contributed by atoms with Crippen LogP contribution < -0.4 is 5.32 Å². The molecule has 0 spiro atoms. The zero-order valence-corrected chi connectivity index (χ0v) is 19.0. The third-order valence-electron chi connectivity index (χ3n) is 7.21. The first kappa shape index (κ1) is 22.5. The van der Waals surface area contributed by atoms with Gasteiger partial charge < -0.3 is 10.4 Å². The van der Waals surface area contributed by atoms with E-state index in [1.165, 1.54) is 11.8 Å². The van der Waals surface area contributed by atoms with E-state index < -0.39 is 17.9 Å². The minimum absolute atomic E-state index is 0.163. The number of fused-ring (bicyclic) bond motifs is 1. The summed E-state index contributed by atoms with van der Waals surface area (Å²) >= 11 is 0. The molecular weight excluding hydrogens is 434 g/mol. The summed E-state index contributed by atoms with van der Waals surface area (Å²) in [6.45, 7) is 2.16. The van der Waals surface area contributed by atoms with Gasteiger partial charge in [0.2, 0.25) is 0 Å². The van der Waals surface area contributed by atoms with Gasteiger partial charge >= 0.3 is 5.97 Å². The fourth-order valence-electron chi connectivity index (χ4n) is 5.22.